The minimum atomic E-state index is -0.0950. The van der Waals surface area contributed by atoms with Crippen LogP contribution in [0.25, 0.3) is 0 Å². The van der Waals surface area contributed by atoms with Crippen LogP contribution in [0.15, 0.2) is 0 Å². The summed E-state index contributed by atoms with van der Waals surface area (Å²) >= 11 is 0. The molecule has 0 fully saturated rings. The molecule has 1 amide bonds. The highest BCUT2D eigenvalue weighted by Crippen LogP contribution is 1.94. The summed E-state index contributed by atoms with van der Waals surface area (Å²) in [7, 11) is 3.37. The highest BCUT2D eigenvalue weighted by Gasteiger charge is 2.08. The van der Waals surface area contributed by atoms with Crippen LogP contribution in [0.3, 0.4) is 0 Å². The van der Waals surface area contributed by atoms with E-state index >= 15 is 0 Å². The summed E-state index contributed by atoms with van der Waals surface area (Å²) in [6.45, 7) is 3.58. The Balaban J connectivity index is 3.23. The van der Waals surface area contributed by atoms with Crippen LogP contribution >= 0.6 is 0 Å². The number of hydrogen-bond acceptors (Lipinski definition) is 3. The zero-order valence-electron chi connectivity index (χ0n) is 9.43. The first-order valence-electron chi connectivity index (χ1n) is 5.16. The Morgan fingerprint density at radius 1 is 1.36 bits per heavy atom. The number of hydrogen-bond donors (Lipinski definition) is 2. The molecule has 0 rings (SSSR count). The van der Waals surface area contributed by atoms with Crippen molar-refractivity contribution in [2.45, 2.75) is 32.2 Å². The van der Waals surface area contributed by atoms with Crippen molar-refractivity contribution in [2.24, 2.45) is 0 Å². The van der Waals surface area contributed by atoms with Crippen LogP contribution in [-0.4, -0.2) is 39.3 Å². The van der Waals surface area contributed by atoms with Crippen LogP contribution in [0.2, 0.25) is 0 Å². The summed E-state index contributed by atoms with van der Waals surface area (Å²) < 4.78 is 4.94. The maximum atomic E-state index is 11.1. The largest absolute Gasteiger partial charge is 0.385 e. The molecular weight excluding hydrogens is 180 g/mol. The molecule has 0 aromatic heterocycles. The van der Waals surface area contributed by atoms with Crippen LogP contribution in [0.5, 0.6) is 0 Å². The van der Waals surface area contributed by atoms with Gasteiger partial charge in [-0.1, -0.05) is 0 Å². The third-order valence-corrected chi connectivity index (χ3v) is 2.12. The molecule has 0 spiro atoms. The highest BCUT2D eigenvalue weighted by molar-refractivity contribution is 5.80. The summed E-state index contributed by atoms with van der Waals surface area (Å²) in [4.78, 5) is 11.1. The molecular formula is C10H22N2O2. The second-order valence-electron chi connectivity index (χ2n) is 3.34. The Morgan fingerprint density at radius 2 is 2.07 bits per heavy atom. The van der Waals surface area contributed by atoms with Gasteiger partial charge in [-0.2, -0.15) is 0 Å². The van der Waals surface area contributed by atoms with Crippen molar-refractivity contribution in [3.05, 3.63) is 0 Å². The topological polar surface area (TPSA) is 50.4 Å². The smallest absolute Gasteiger partial charge is 0.236 e. The zero-order chi connectivity index (χ0) is 10.8. The lowest BCUT2D eigenvalue weighted by Gasteiger charge is -2.11. The van der Waals surface area contributed by atoms with Gasteiger partial charge in [0, 0.05) is 20.8 Å². The molecule has 0 aliphatic carbocycles. The Hall–Kier alpha value is -0.610. The van der Waals surface area contributed by atoms with Gasteiger partial charge in [0.05, 0.1) is 6.04 Å². The number of carbonyl (C=O) groups is 1. The minimum absolute atomic E-state index is 0.0434. The first-order valence-corrected chi connectivity index (χ1v) is 5.16. The van der Waals surface area contributed by atoms with E-state index in [1.54, 1.807) is 14.2 Å². The van der Waals surface area contributed by atoms with Gasteiger partial charge < -0.3 is 15.4 Å². The van der Waals surface area contributed by atoms with Gasteiger partial charge in [0.2, 0.25) is 5.91 Å². The van der Waals surface area contributed by atoms with E-state index in [1.807, 2.05) is 6.92 Å². The van der Waals surface area contributed by atoms with Gasteiger partial charge in [-0.25, -0.2) is 0 Å². The average Bonchev–Trinajstić information content (AvgIpc) is 2.21. The first-order chi connectivity index (χ1) is 6.72. The quantitative estimate of drug-likeness (QED) is 0.564. The maximum absolute atomic E-state index is 11.1. The molecule has 0 saturated carbocycles. The molecule has 0 aliphatic rings. The fraction of sp³-hybridized carbons (Fsp3) is 0.900. The van der Waals surface area contributed by atoms with Gasteiger partial charge in [-0.15, -0.1) is 0 Å². The van der Waals surface area contributed by atoms with Crippen LogP contribution in [0.1, 0.15) is 26.2 Å². The van der Waals surface area contributed by atoms with E-state index in [2.05, 4.69) is 10.6 Å². The molecule has 0 heterocycles. The van der Waals surface area contributed by atoms with E-state index in [9.17, 15) is 4.79 Å². The number of amides is 1. The number of ether oxygens (including phenoxy) is 1. The van der Waals surface area contributed by atoms with Gasteiger partial charge in [0.1, 0.15) is 0 Å². The van der Waals surface area contributed by atoms with Crippen LogP contribution in [-0.2, 0) is 9.53 Å². The second kappa shape index (κ2) is 8.97. The fourth-order valence-corrected chi connectivity index (χ4v) is 1.18. The van der Waals surface area contributed by atoms with Gasteiger partial charge in [-0.3, -0.25) is 4.79 Å². The van der Waals surface area contributed by atoms with Crippen LogP contribution in [0, 0.1) is 0 Å². The first kappa shape index (κ1) is 13.4. The lowest BCUT2D eigenvalue weighted by atomic mass is 10.2. The van der Waals surface area contributed by atoms with Crippen molar-refractivity contribution < 1.29 is 9.53 Å². The predicted molar refractivity (Wildman–Crippen MR) is 57.3 cm³/mol. The van der Waals surface area contributed by atoms with Crippen molar-refractivity contribution in [2.75, 3.05) is 27.3 Å². The highest BCUT2D eigenvalue weighted by atomic mass is 16.5. The van der Waals surface area contributed by atoms with Crippen molar-refractivity contribution in [1.82, 2.24) is 10.6 Å². The molecule has 4 heteroatoms. The van der Waals surface area contributed by atoms with Gasteiger partial charge >= 0.3 is 0 Å². The lowest BCUT2D eigenvalue weighted by molar-refractivity contribution is -0.122. The number of likely N-dealkylation sites (N-methyl/N-ethyl adjacent to an activating group) is 1. The Bertz CT molecular complexity index is 151. The molecule has 4 nitrogen and oxygen atoms in total. The Labute approximate surface area is 86.4 Å². The molecule has 2 N–H and O–H groups in total. The van der Waals surface area contributed by atoms with Crippen LogP contribution < -0.4 is 10.6 Å². The molecule has 0 aromatic carbocycles. The molecule has 84 valence electrons. The van der Waals surface area contributed by atoms with E-state index in [1.165, 1.54) is 0 Å². The number of rotatable bonds is 8. The molecule has 0 aromatic rings. The summed E-state index contributed by atoms with van der Waals surface area (Å²) in [5, 5.41) is 5.76. The van der Waals surface area contributed by atoms with E-state index in [0.29, 0.717) is 0 Å². The Kier molecular flexibility index (Phi) is 8.57. The number of methoxy groups -OCH3 is 1. The molecule has 0 bridgehead atoms. The van der Waals surface area contributed by atoms with E-state index < -0.39 is 0 Å². The number of nitrogens with one attached hydrogen (secondary N) is 2. The van der Waals surface area contributed by atoms with Gasteiger partial charge in [0.15, 0.2) is 0 Å². The lowest BCUT2D eigenvalue weighted by Crippen LogP contribution is -2.40. The molecule has 14 heavy (non-hydrogen) atoms. The van der Waals surface area contributed by atoms with Crippen molar-refractivity contribution >= 4 is 5.91 Å². The average molecular weight is 202 g/mol. The van der Waals surface area contributed by atoms with Crippen molar-refractivity contribution in [3.63, 3.8) is 0 Å². The summed E-state index contributed by atoms with van der Waals surface area (Å²) in [5.41, 5.74) is 0. The number of carbonyl (C=O) groups excluding carboxylic acids is 1. The van der Waals surface area contributed by atoms with Crippen LogP contribution in [0.4, 0.5) is 0 Å². The Morgan fingerprint density at radius 3 is 2.64 bits per heavy atom. The summed E-state index contributed by atoms with van der Waals surface area (Å²) in [6, 6.07) is -0.0950. The van der Waals surface area contributed by atoms with E-state index in [-0.39, 0.29) is 11.9 Å². The van der Waals surface area contributed by atoms with Gasteiger partial charge in [0.25, 0.3) is 0 Å². The van der Waals surface area contributed by atoms with E-state index in [4.69, 9.17) is 4.74 Å². The third kappa shape index (κ3) is 6.86. The summed E-state index contributed by atoms with van der Waals surface area (Å²) in [5.74, 6) is 0.0434. The fourth-order valence-electron chi connectivity index (χ4n) is 1.18. The van der Waals surface area contributed by atoms with Crippen molar-refractivity contribution in [3.8, 4) is 0 Å². The standard InChI is InChI=1S/C10H22N2O2/c1-9(10(13)11-2)12-7-5-4-6-8-14-3/h9,12H,4-8H2,1-3H3,(H,11,13). The van der Waals surface area contributed by atoms with Crippen molar-refractivity contribution in [1.29, 1.82) is 0 Å². The molecule has 0 radical (unpaired) electrons. The monoisotopic (exact) mass is 202 g/mol. The SMILES string of the molecule is CNC(=O)C(C)NCCCCCOC. The third-order valence-electron chi connectivity index (χ3n) is 2.12. The summed E-state index contributed by atoms with van der Waals surface area (Å²) in [6.07, 6.45) is 3.32. The molecule has 1 unspecified atom stereocenters. The second-order valence-corrected chi connectivity index (χ2v) is 3.34. The predicted octanol–water partition coefficient (Wildman–Crippen LogP) is 0.527. The maximum Gasteiger partial charge on any atom is 0.236 e. The zero-order valence-corrected chi connectivity index (χ0v) is 9.43. The minimum Gasteiger partial charge on any atom is -0.385 e. The normalized spacial score (nSPS) is 12.5. The molecule has 0 aliphatic heterocycles. The van der Waals surface area contributed by atoms with E-state index in [0.717, 1.165) is 32.4 Å². The van der Waals surface area contributed by atoms with Gasteiger partial charge in [-0.05, 0) is 32.7 Å². The number of unbranched alkanes of at least 4 members (excludes halogenated alkanes) is 2. The molecule has 1 atom stereocenters. The molecule has 0 saturated heterocycles.